The first-order valence-electron chi connectivity index (χ1n) is 21.2. The standard InChI is InChI=1S/C48H72NO10P/c1-3-5-7-9-11-13-15-17-19-21-22-24-25-27-29-31-33-35-37-39-46(51)49-45(48(53)54)43-59-60(55,56)58-42-44(50)41-57-47(52)40-38-36-34-32-30-28-26-23-20-18-16-14-12-10-8-6-4-2/h5-8,11-14,17-20,22,24,26-29,32-35,44-45,50H,3-4,9-10,15-16,21,23,25,30-31,36-43H2,1-2H3,(H,49,51)(H,53,54)(H,55,56)/b7-5-,8-6-,13-11-,14-12-,19-17-,20-18-,24-22-,28-26-,29-27-,34-32-,35-33-. The number of aliphatic hydroxyl groups is 1. The van der Waals surface area contributed by atoms with Crippen molar-refractivity contribution in [1.29, 1.82) is 0 Å². The zero-order chi connectivity index (χ0) is 44.2. The summed E-state index contributed by atoms with van der Waals surface area (Å²) in [6.07, 6.45) is 56.4. The largest absolute Gasteiger partial charge is 0.480 e. The number of nitrogens with one attached hydrogen (secondary N) is 1. The van der Waals surface area contributed by atoms with Crippen molar-refractivity contribution < 1.29 is 47.8 Å². The molecular formula is C48H72NO10P. The van der Waals surface area contributed by atoms with Gasteiger partial charge in [0.1, 0.15) is 12.7 Å². The number of esters is 1. The van der Waals surface area contributed by atoms with E-state index >= 15 is 0 Å². The average molecular weight is 854 g/mol. The number of allylic oxidation sites excluding steroid dienone is 22. The topological polar surface area (TPSA) is 169 Å². The molecule has 0 aromatic heterocycles. The Morgan fingerprint density at radius 1 is 0.533 bits per heavy atom. The van der Waals surface area contributed by atoms with Crippen LogP contribution in [-0.4, -0.2) is 64.9 Å². The lowest BCUT2D eigenvalue weighted by atomic mass is 10.2. The second-order valence-corrected chi connectivity index (χ2v) is 14.9. The third-order valence-corrected chi connectivity index (χ3v) is 8.90. The summed E-state index contributed by atoms with van der Waals surface area (Å²) in [4.78, 5) is 45.8. The number of hydrogen-bond donors (Lipinski definition) is 4. The number of carboxylic acid groups (broad SMARTS) is 1. The maximum absolute atomic E-state index is 12.3. The van der Waals surface area contributed by atoms with Crippen LogP contribution >= 0.6 is 7.82 Å². The lowest BCUT2D eigenvalue weighted by molar-refractivity contribution is -0.147. The van der Waals surface area contributed by atoms with Crippen molar-refractivity contribution in [3.63, 3.8) is 0 Å². The highest BCUT2D eigenvalue weighted by molar-refractivity contribution is 7.47. The zero-order valence-electron chi connectivity index (χ0n) is 35.9. The number of aliphatic carboxylic acids is 1. The smallest absolute Gasteiger partial charge is 0.472 e. The van der Waals surface area contributed by atoms with Crippen molar-refractivity contribution in [3.8, 4) is 0 Å². The first kappa shape index (κ1) is 55.6. The highest BCUT2D eigenvalue weighted by Gasteiger charge is 2.28. The lowest BCUT2D eigenvalue weighted by Gasteiger charge is -2.18. The Hall–Kier alpha value is -4.38. The molecule has 0 rings (SSSR count). The van der Waals surface area contributed by atoms with Crippen LogP contribution in [0.5, 0.6) is 0 Å². The molecule has 0 saturated carbocycles. The zero-order valence-corrected chi connectivity index (χ0v) is 36.8. The summed E-state index contributed by atoms with van der Waals surface area (Å²) in [5.41, 5.74) is 0. The Balaban J connectivity index is 4.13. The molecule has 0 radical (unpaired) electrons. The number of carbonyl (C=O) groups is 3. The van der Waals surface area contributed by atoms with Gasteiger partial charge in [0, 0.05) is 12.8 Å². The fraction of sp³-hybridized carbons (Fsp3) is 0.479. The molecule has 3 unspecified atom stereocenters. The number of amides is 1. The van der Waals surface area contributed by atoms with Gasteiger partial charge in [-0.2, -0.15) is 0 Å². The molecule has 60 heavy (non-hydrogen) atoms. The highest BCUT2D eigenvalue weighted by atomic mass is 31.2. The van der Waals surface area contributed by atoms with Crippen LogP contribution in [0.3, 0.4) is 0 Å². The van der Waals surface area contributed by atoms with Crippen LogP contribution in [0.15, 0.2) is 134 Å². The van der Waals surface area contributed by atoms with E-state index in [-0.39, 0.29) is 12.8 Å². The van der Waals surface area contributed by atoms with Crippen molar-refractivity contribution in [2.45, 2.75) is 129 Å². The van der Waals surface area contributed by atoms with Gasteiger partial charge in [0.2, 0.25) is 5.91 Å². The van der Waals surface area contributed by atoms with Gasteiger partial charge in [-0.1, -0.05) is 148 Å². The molecule has 0 aliphatic carbocycles. The summed E-state index contributed by atoms with van der Waals surface area (Å²) in [5, 5.41) is 21.7. The maximum atomic E-state index is 12.3. The van der Waals surface area contributed by atoms with Crippen LogP contribution in [0, 0.1) is 0 Å². The predicted molar refractivity (Wildman–Crippen MR) is 244 cm³/mol. The highest BCUT2D eigenvalue weighted by Crippen LogP contribution is 2.43. The van der Waals surface area contributed by atoms with Crippen LogP contribution in [0.4, 0.5) is 0 Å². The maximum Gasteiger partial charge on any atom is 0.472 e. The summed E-state index contributed by atoms with van der Waals surface area (Å²) in [6, 6.07) is -1.60. The van der Waals surface area contributed by atoms with Crippen molar-refractivity contribution in [2.75, 3.05) is 19.8 Å². The molecule has 1 amide bonds. The molecule has 0 aliphatic rings. The molecule has 3 atom stereocenters. The minimum atomic E-state index is -4.80. The molecule has 0 aromatic rings. The third kappa shape index (κ3) is 40.4. The SMILES string of the molecule is CC/C=C\C/C=C\C/C=C\C/C=C\C/C=C\C/C=C\CCC(=O)NC(COP(=O)(O)OCC(O)COC(=O)CCC/C=C\C/C=C\C/C=C\C/C=C\C/C=C\CC)C(=O)O. The van der Waals surface area contributed by atoms with Gasteiger partial charge >= 0.3 is 19.8 Å². The number of carboxylic acids is 1. The van der Waals surface area contributed by atoms with Gasteiger partial charge in [-0.15, -0.1) is 0 Å². The van der Waals surface area contributed by atoms with E-state index in [1.54, 1.807) is 0 Å². The summed E-state index contributed by atoms with van der Waals surface area (Å²) in [7, 11) is -4.80. The van der Waals surface area contributed by atoms with Gasteiger partial charge in [-0.05, 0) is 89.9 Å². The first-order valence-corrected chi connectivity index (χ1v) is 22.7. The van der Waals surface area contributed by atoms with E-state index in [2.05, 4.69) is 122 Å². The molecule has 0 saturated heterocycles. The molecule has 4 N–H and O–H groups in total. The Kier molecular flexibility index (Phi) is 38.3. The van der Waals surface area contributed by atoms with Crippen molar-refractivity contribution in [3.05, 3.63) is 134 Å². The third-order valence-electron chi connectivity index (χ3n) is 7.95. The molecular weight excluding hydrogens is 781 g/mol. The van der Waals surface area contributed by atoms with Gasteiger partial charge in [0.25, 0.3) is 0 Å². The normalized spacial score (nSPS) is 15.0. The molecule has 0 aliphatic heterocycles. The number of rotatable bonds is 37. The van der Waals surface area contributed by atoms with Gasteiger partial charge in [0.15, 0.2) is 6.04 Å². The van der Waals surface area contributed by atoms with Crippen molar-refractivity contribution in [2.24, 2.45) is 0 Å². The van der Waals surface area contributed by atoms with Crippen LogP contribution in [0.2, 0.25) is 0 Å². The van der Waals surface area contributed by atoms with Crippen molar-refractivity contribution >= 4 is 25.7 Å². The van der Waals surface area contributed by atoms with E-state index in [4.69, 9.17) is 13.8 Å². The number of phosphoric acid groups is 1. The van der Waals surface area contributed by atoms with E-state index in [0.29, 0.717) is 25.7 Å². The fourth-order valence-corrected chi connectivity index (χ4v) is 5.50. The van der Waals surface area contributed by atoms with E-state index in [9.17, 15) is 34.1 Å². The number of hydrogen-bond acceptors (Lipinski definition) is 8. The average Bonchev–Trinajstić information content (AvgIpc) is 3.22. The number of phosphoric ester groups is 1. The Labute approximate surface area is 360 Å². The molecule has 0 aromatic carbocycles. The lowest BCUT2D eigenvalue weighted by Crippen LogP contribution is -2.43. The summed E-state index contributed by atoms with van der Waals surface area (Å²) in [5.74, 6) is -2.58. The fourth-order valence-electron chi connectivity index (χ4n) is 4.72. The van der Waals surface area contributed by atoms with Gasteiger partial charge in [-0.3, -0.25) is 18.6 Å². The Morgan fingerprint density at radius 2 is 0.900 bits per heavy atom. The molecule has 0 bridgehead atoms. The second-order valence-electron chi connectivity index (χ2n) is 13.4. The van der Waals surface area contributed by atoms with Crippen LogP contribution in [0.25, 0.3) is 0 Å². The quantitative estimate of drug-likeness (QED) is 0.0204. The number of ether oxygens (including phenoxy) is 1. The van der Waals surface area contributed by atoms with Gasteiger partial charge in [-0.25, -0.2) is 9.36 Å². The Morgan fingerprint density at radius 3 is 1.30 bits per heavy atom. The van der Waals surface area contributed by atoms with E-state index in [1.165, 1.54) is 0 Å². The first-order chi connectivity index (χ1) is 29.1. The van der Waals surface area contributed by atoms with Gasteiger partial charge < -0.3 is 25.2 Å². The van der Waals surface area contributed by atoms with Crippen LogP contribution in [-0.2, 0) is 32.7 Å². The summed E-state index contributed by atoms with van der Waals surface area (Å²) >= 11 is 0. The van der Waals surface area contributed by atoms with Gasteiger partial charge in [0.05, 0.1) is 13.2 Å². The minimum absolute atomic E-state index is 0.00747. The van der Waals surface area contributed by atoms with Crippen LogP contribution in [0.1, 0.15) is 117 Å². The molecule has 0 fully saturated rings. The van der Waals surface area contributed by atoms with E-state index in [0.717, 1.165) is 64.2 Å². The number of aliphatic hydroxyl groups excluding tert-OH is 1. The van der Waals surface area contributed by atoms with E-state index < -0.39 is 57.6 Å². The number of unbranched alkanes of at least 4 members (excludes halogenated alkanes) is 1. The Bertz CT molecular complexity index is 1520. The van der Waals surface area contributed by atoms with Crippen LogP contribution < -0.4 is 5.32 Å². The molecule has 334 valence electrons. The minimum Gasteiger partial charge on any atom is -0.480 e. The molecule has 0 spiro atoms. The van der Waals surface area contributed by atoms with E-state index in [1.807, 2.05) is 30.4 Å². The summed E-state index contributed by atoms with van der Waals surface area (Å²) in [6.45, 7) is 2.22. The van der Waals surface area contributed by atoms with Crippen molar-refractivity contribution in [1.82, 2.24) is 5.32 Å². The molecule has 12 heteroatoms. The predicted octanol–water partition coefficient (Wildman–Crippen LogP) is 11.0. The monoisotopic (exact) mass is 853 g/mol. The summed E-state index contributed by atoms with van der Waals surface area (Å²) < 4.78 is 26.7. The molecule has 11 nitrogen and oxygen atoms in total. The second kappa shape index (κ2) is 41.4. The number of carbonyl (C=O) groups excluding carboxylic acids is 2. The molecule has 0 heterocycles.